The fourth-order valence-corrected chi connectivity index (χ4v) is 1.82. The Morgan fingerprint density at radius 3 is 2.92 bits per heavy atom. The number of furan rings is 1. The van der Waals surface area contributed by atoms with Crippen LogP contribution in [0.2, 0.25) is 0 Å². The second-order valence-corrected chi connectivity index (χ2v) is 3.64. The van der Waals surface area contributed by atoms with E-state index < -0.39 is 0 Å². The minimum absolute atomic E-state index is 0.819. The van der Waals surface area contributed by atoms with Crippen LogP contribution in [0.4, 0.5) is 0 Å². The quantitative estimate of drug-likeness (QED) is 0.747. The normalized spacial score (nSPS) is 10.5. The fraction of sp³-hybridized carbons (Fsp3) is 0.125. The van der Waals surface area contributed by atoms with Gasteiger partial charge in [-0.05, 0) is 34.7 Å². The predicted molar refractivity (Wildman–Crippen MR) is 53.6 cm³/mol. The molecule has 0 amide bonds. The highest BCUT2D eigenvalue weighted by molar-refractivity contribution is 14.1. The zero-order chi connectivity index (χ0) is 8.55. The predicted octanol–water partition coefficient (Wildman–Crippen LogP) is 2.28. The molecule has 2 rings (SSSR count). The Bertz CT molecular complexity index is 378. The molecular weight excluding hydrogens is 267 g/mol. The summed E-state index contributed by atoms with van der Waals surface area (Å²) in [5, 5.41) is 4.27. The first-order valence-corrected chi connectivity index (χ1v) is 4.58. The third-order valence-corrected chi connectivity index (χ3v) is 2.33. The Kier molecular flexibility index (Phi) is 1.92. The molecule has 2 heterocycles. The van der Waals surface area contributed by atoms with Gasteiger partial charge in [0.25, 0.3) is 0 Å². The molecule has 62 valence electrons. The SMILES string of the molecule is Cn1cc(I)c(-c2ccco2)n1. The summed E-state index contributed by atoms with van der Waals surface area (Å²) in [6.45, 7) is 0. The summed E-state index contributed by atoms with van der Waals surface area (Å²) in [4.78, 5) is 0. The molecule has 12 heavy (non-hydrogen) atoms. The number of hydrogen-bond acceptors (Lipinski definition) is 2. The summed E-state index contributed by atoms with van der Waals surface area (Å²) >= 11 is 2.24. The van der Waals surface area contributed by atoms with Crippen molar-refractivity contribution in [1.29, 1.82) is 0 Å². The van der Waals surface area contributed by atoms with Gasteiger partial charge in [-0.25, -0.2) is 0 Å². The summed E-state index contributed by atoms with van der Waals surface area (Å²) in [5.74, 6) is 0.819. The van der Waals surface area contributed by atoms with Crippen LogP contribution in [0.3, 0.4) is 0 Å². The molecule has 2 aromatic heterocycles. The first-order chi connectivity index (χ1) is 5.77. The van der Waals surface area contributed by atoms with Crippen molar-refractivity contribution in [3.05, 3.63) is 28.2 Å². The van der Waals surface area contributed by atoms with Gasteiger partial charge in [0.15, 0.2) is 5.76 Å². The van der Waals surface area contributed by atoms with E-state index in [1.807, 2.05) is 25.4 Å². The van der Waals surface area contributed by atoms with Gasteiger partial charge in [-0.3, -0.25) is 4.68 Å². The zero-order valence-corrected chi connectivity index (χ0v) is 8.65. The van der Waals surface area contributed by atoms with Gasteiger partial charge < -0.3 is 4.42 Å². The zero-order valence-electron chi connectivity index (χ0n) is 6.49. The number of nitrogens with zero attached hydrogens (tertiary/aromatic N) is 2. The van der Waals surface area contributed by atoms with Gasteiger partial charge in [0.2, 0.25) is 0 Å². The first-order valence-electron chi connectivity index (χ1n) is 3.50. The van der Waals surface area contributed by atoms with E-state index >= 15 is 0 Å². The first kappa shape index (κ1) is 7.85. The van der Waals surface area contributed by atoms with Crippen molar-refractivity contribution in [1.82, 2.24) is 9.78 Å². The average Bonchev–Trinajstić information content (AvgIpc) is 2.58. The minimum Gasteiger partial charge on any atom is -0.463 e. The van der Waals surface area contributed by atoms with E-state index in [2.05, 4.69) is 27.7 Å². The van der Waals surface area contributed by atoms with Crippen LogP contribution in [0.15, 0.2) is 29.0 Å². The molecule has 0 unspecified atom stereocenters. The molecule has 0 fully saturated rings. The number of aromatic nitrogens is 2. The summed E-state index contributed by atoms with van der Waals surface area (Å²) in [6, 6.07) is 3.77. The number of rotatable bonds is 1. The van der Waals surface area contributed by atoms with Gasteiger partial charge in [0.05, 0.1) is 9.83 Å². The summed E-state index contributed by atoms with van der Waals surface area (Å²) < 4.78 is 8.11. The van der Waals surface area contributed by atoms with Crippen LogP contribution in [0.5, 0.6) is 0 Å². The Hall–Kier alpha value is -0.780. The van der Waals surface area contributed by atoms with Gasteiger partial charge in [-0.2, -0.15) is 5.10 Å². The molecule has 0 aliphatic carbocycles. The topological polar surface area (TPSA) is 31.0 Å². The highest BCUT2D eigenvalue weighted by atomic mass is 127. The lowest BCUT2D eigenvalue weighted by Gasteiger charge is -1.88. The maximum absolute atomic E-state index is 5.23. The molecule has 4 heteroatoms. The molecule has 0 radical (unpaired) electrons. The Balaban J connectivity index is 2.54. The van der Waals surface area contributed by atoms with E-state index in [0.717, 1.165) is 15.0 Å². The lowest BCUT2D eigenvalue weighted by Crippen LogP contribution is -1.86. The highest BCUT2D eigenvalue weighted by Crippen LogP contribution is 2.22. The van der Waals surface area contributed by atoms with Crippen LogP contribution in [0, 0.1) is 3.57 Å². The summed E-state index contributed by atoms with van der Waals surface area (Å²) in [5.41, 5.74) is 0.906. The molecule has 0 saturated heterocycles. The van der Waals surface area contributed by atoms with Crippen molar-refractivity contribution in [3.8, 4) is 11.5 Å². The van der Waals surface area contributed by atoms with Crippen LogP contribution in [0.25, 0.3) is 11.5 Å². The maximum atomic E-state index is 5.23. The molecule has 0 N–H and O–H groups in total. The second-order valence-electron chi connectivity index (χ2n) is 2.48. The van der Waals surface area contributed by atoms with E-state index in [0.29, 0.717) is 0 Å². The van der Waals surface area contributed by atoms with E-state index in [-0.39, 0.29) is 0 Å². The van der Waals surface area contributed by atoms with Gasteiger partial charge in [-0.15, -0.1) is 0 Å². The van der Waals surface area contributed by atoms with Crippen molar-refractivity contribution >= 4 is 22.6 Å². The molecule has 0 bridgehead atoms. The van der Waals surface area contributed by atoms with Gasteiger partial charge >= 0.3 is 0 Å². The fourth-order valence-electron chi connectivity index (χ4n) is 1.04. The van der Waals surface area contributed by atoms with E-state index in [9.17, 15) is 0 Å². The molecule has 0 atom stereocenters. The second kappa shape index (κ2) is 2.93. The Labute approximate surface area is 83.5 Å². The van der Waals surface area contributed by atoms with Gasteiger partial charge in [-0.1, -0.05) is 0 Å². The van der Waals surface area contributed by atoms with Crippen molar-refractivity contribution in [2.24, 2.45) is 7.05 Å². The minimum atomic E-state index is 0.819. The largest absolute Gasteiger partial charge is 0.463 e. The van der Waals surface area contributed by atoms with Crippen molar-refractivity contribution < 1.29 is 4.42 Å². The molecule has 0 aliphatic rings. The number of hydrogen-bond donors (Lipinski definition) is 0. The molecule has 3 nitrogen and oxygen atoms in total. The van der Waals surface area contributed by atoms with Crippen molar-refractivity contribution in [2.75, 3.05) is 0 Å². The van der Waals surface area contributed by atoms with Crippen LogP contribution in [-0.4, -0.2) is 9.78 Å². The Morgan fingerprint density at radius 2 is 2.42 bits per heavy atom. The van der Waals surface area contributed by atoms with E-state index in [1.54, 1.807) is 10.9 Å². The smallest absolute Gasteiger partial charge is 0.155 e. The van der Waals surface area contributed by atoms with Crippen molar-refractivity contribution in [2.45, 2.75) is 0 Å². The van der Waals surface area contributed by atoms with Crippen LogP contribution < -0.4 is 0 Å². The summed E-state index contributed by atoms with van der Waals surface area (Å²) in [7, 11) is 1.90. The van der Waals surface area contributed by atoms with Gasteiger partial charge in [0, 0.05) is 13.2 Å². The highest BCUT2D eigenvalue weighted by Gasteiger charge is 2.08. The van der Waals surface area contributed by atoms with Crippen molar-refractivity contribution in [3.63, 3.8) is 0 Å². The third-order valence-electron chi connectivity index (χ3n) is 1.54. The molecule has 2 aromatic rings. The third kappa shape index (κ3) is 1.26. The van der Waals surface area contributed by atoms with Crippen LogP contribution >= 0.6 is 22.6 Å². The standard InChI is InChI=1S/C8H7IN2O/c1-11-5-6(9)8(10-11)7-3-2-4-12-7/h2-5H,1H3. The monoisotopic (exact) mass is 274 g/mol. The van der Waals surface area contributed by atoms with E-state index in [4.69, 9.17) is 4.42 Å². The maximum Gasteiger partial charge on any atom is 0.155 e. The summed E-state index contributed by atoms with van der Waals surface area (Å²) in [6.07, 6.45) is 3.61. The molecule has 0 saturated carbocycles. The lowest BCUT2D eigenvalue weighted by atomic mass is 10.3. The van der Waals surface area contributed by atoms with E-state index in [1.165, 1.54) is 0 Å². The lowest BCUT2D eigenvalue weighted by molar-refractivity contribution is 0.577. The molecule has 0 aliphatic heterocycles. The average molecular weight is 274 g/mol. The van der Waals surface area contributed by atoms with Gasteiger partial charge in [0.1, 0.15) is 5.69 Å². The Morgan fingerprint density at radius 1 is 1.58 bits per heavy atom. The molecule has 0 aromatic carbocycles. The van der Waals surface area contributed by atoms with Crippen LogP contribution in [0.1, 0.15) is 0 Å². The number of halogens is 1. The number of aryl methyl sites for hydroxylation is 1. The molecular formula is C8H7IN2O. The molecule has 0 spiro atoms. The van der Waals surface area contributed by atoms with Crippen LogP contribution in [-0.2, 0) is 7.05 Å².